The van der Waals surface area contributed by atoms with Gasteiger partial charge in [-0.2, -0.15) is 0 Å². The van der Waals surface area contributed by atoms with Gasteiger partial charge in [-0.1, -0.05) is 0 Å². The van der Waals surface area contributed by atoms with E-state index in [1.54, 1.807) is 25.5 Å². The number of hydrogen-bond acceptors (Lipinski definition) is 8. The zero-order chi connectivity index (χ0) is 21.1. The van der Waals surface area contributed by atoms with Crippen LogP contribution in [0.5, 0.6) is 0 Å². The van der Waals surface area contributed by atoms with Gasteiger partial charge in [-0.05, 0) is 26.0 Å². The molecule has 3 N–H and O–H groups in total. The second kappa shape index (κ2) is 8.54. The maximum atomic E-state index is 11.8. The fourth-order valence-electron chi connectivity index (χ4n) is 3.53. The summed E-state index contributed by atoms with van der Waals surface area (Å²) in [5.74, 6) is 1.25. The summed E-state index contributed by atoms with van der Waals surface area (Å²) in [6, 6.07) is 4.18. The first-order valence-corrected chi connectivity index (χ1v) is 9.92. The lowest BCUT2D eigenvalue weighted by Crippen LogP contribution is -2.46. The Morgan fingerprint density at radius 2 is 1.97 bits per heavy atom. The Morgan fingerprint density at radius 1 is 1.17 bits per heavy atom. The topological polar surface area (TPSA) is 115 Å². The number of H-pyrrole nitrogens is 1. The highest BCUT2D eigenvalue weighted by Crippen LogP contribution is 2.22. The third-order valence-corrected chi connectivity index (χ3v) is 5.09. The van der Waals surface area contributed by atoms with Gasteiger partial charge in [0.25, 0.3) is 5.91 Å². The largest absolute Gasteiger partial charge is 0.427 e. The molecule has 0 bridgehead atoms. The van der Waals surface area contributed by atoms with Crippen molar-refractivity contribution in [1.82, 2.24) is 30.2 Å². The summed E-state index contributed by atoms with van der Waals surface area (Å²) in [6.07, 6.45) is 3.49. The molecular weight excluding hydrogens is 384 g/mol. The summed E-state index contributed by atoms with van der Waals surface area (Å²) < 4.78 is 5.79. The number of aromatic nitrogens is 4. The first kappa shape index (κ1) is 19.9. The van der Waals surface area contributed by atoms with E-state index < -0.39 is 0 Å². The number of carbonyl (C=O) groups excluding carboxylic acids is 1. The van der Waals surface area contributed by atoms with Crippen LogP contribution in [0.1, 0.15) is 27.6 Å². The number of imidazole rings is 1. The molecule has 1 amide bonds. The molecule has 158 valence electrons. The minimum absolute atomic E-state index is 0.169. The van der Waals surface area contributed by atoms with Gasteiger partial charge in [0.1, 0.15) is 11.5 Å². The van der Waals surface area contributed by atoms with Gasteiger partial charge in [0.2, 0.25) is 5.95 Å². The highest BCUT2D eigenvalue weighted by Gasteiger charge is 2.21. The van der Waals surface area contributed by atoms with Gasteiger partial charge >= 0.3 is 6.01 Å². The number of anilines is 3. The van der Waals surface area contributed by atoms with Crippen molar-refractivity contribution in [2.75, 3.05) is 43.4 Å². The number of oxazole rings is 1. The number of piperazine rings is 1. The van der Waals surface area contributed by atoms with Crippen LogP contribution in [0.15, 0.2) is 28.9 Å². The third-order valence-electron chi connectivity index (χ3n) is 5.09. The van der Waals surface area contributed by atoms with E-state index in [1.165, 1.54) is 0 Å². The molecule has 0 saturated carbocycles. The van der Waals surface area contributed by atoms with Crippen LogP contribution in [0.3, 0.4) is 0 Å². The van der Waals surface area contributed by atoms with Gasteiger partial charge in [0.05, 0.1) is 24.1 Å². The first-order chi connectivity index (χ1) is 14.5. The number of aromatic amines is 1. The molecule has 1 fully saturated rings. The predicted molar refractivity (Wildman–Crippen MR) is 113 cm³/mol. The minimum atomic E-state index is -0.169. The molecule has 0 spiro atoms. The van der Waals surface area contributed by atoms with Crippen molar-refractivity contribution in [3.05, 3.63) is 47.4 Å². The molecule has 1 saturated heterocycles. The number of nitrogens with one attached hydrogen (secondary N) is 3. The van der Waals surface area contributed by atoms with Crippen molar-refractivity contribution in [3.63, 3.8) is 0 Å². The third kappa shape index (κ3) is 4.43. The Bertz CT molecular complexity index is 1020. The standard InChI is InChI=1S/C20H26N8O2/c1-13-10-22-19(24-13)26-20-23-11-15(30-20)12-27-6-8-28(9-7-27)17-5-4-16(18(29)21-3)25-14(17)2/h4-5,10-11H,6-9,12H2,1-3H3,(H,21,29)(H2,22,23,24,26). The number of pyridine rings is 1. The quantitative estimate of drug-likeness (QED) is 0.564. The van der Waals surface area contributed by atoms with Crippen molar-refractivity contribution >= 4 is 23.6 Å². The van der Waals surface area contributed by atoms with E-state index in [0.29, 0.717) is 24.2 Å². The summed E-state index contributed by atoms with van der Waals surface area (Å²) in [6.45, 7) is 8.14. The molecule has 10 nitrogen and oxygen atoms in total. The number of nitrogens with zero attached hydrogens (tertiary/aromatic N) is 5. The molecule has 3 aromatic heterocycles. The van der Waals surface area contributed by atoms with Crippen molar-refractivity contribution in [1.29, 1.82) is 0 Å². The van der Waals surface area contributed by atoms with Crippen LogP contribution >= 0.6 is 0 Å². The van der Waals surface area contributed by atoms with Crippen molar-refractivity contribution < 1.29 is 9.21 Å². The van der Waals surface area contributed by atoms with Crippen molar-refractivity contribution in [3.8, 4) is 0 Å². The molecule has 0 aromatic carbocycles. The fraction of sp³-hybridized carbons (Fsp3) is 0.400. The zero-order valence-corrected chi connectivity index (χ0v) is 17.4. The van der Waals surface area contributed by atoms with Crippen molar-refractivity contribution in [2.24, 2.45) is 0 Å². The maximum Gasteiger partial charge on any atom is 0.301 e. The predicted octanol–water partition coefficient (Wildman–Crippen LogP) is 1.83. The Kier molecular flexibility index (Phi) is 5.66. The Morgan fingerprint density at radius 3 is 2.63 bits per heavy atom. The molecule has 3 aromatic rings. The SMILES string of the molecule is CNC(=O)c1ccc(N2CCN(Cc3cnc(Nc4ncc(C)[nH]4)o3)CC2)c(C)n1. The molecule has 4 heterocycles. The van der Waals surface area contributed by atoms with Gasteiger partial charge in [-0.25, -0.2) is 15.0 Å². The average Bonchev–Trinajstić information content (AvgIpc) is 3.36. The van der Waals surface area contributed by atoms with Gasteiger partial charge in [-0.15, -0.1) is 0 Å². The second-order valence-electron chi connectivity index (χ2n) is 7.31. The molecule has 0 unspecified atom stereocenters. The summed E-state index contributed by atoms with van der Waals surface area (Å²) in [4.78, 5) is 32.4. The number of carbonyl (C=O) groups is 1. The van der Waals surface area contributed by atoms with Gasteiger partial charge < -0.3 is 19.6 Å². The summed E-state index contributed by atoms with van der Waals surface area (Å²) in [7, 11) is 1.61. The van der Waals surface area contributed by atoms with Crippen LogP contribution in [-0.4, -0.2) is 64.0 Å². The van der Waals surface area contributed by atoms with E-state index in [1.807, 2.05) is 19.9 Å². The fourth-order valence-corrected chi connectivity index (χ4v) is 3.53. The smallest absolute Gasteiger partial charge is 0.301 e. The van der Waals surface area contributed by atoms with E-state index in [-0.39, 0.29) is 5.91 Å². The molecular formula is C20H26N8O2. The minimum Gasteiger partial charge on any atom is -0.427 e. The van der Waals surface area contributed by atoms with Crippen LogP contribution in [0.2, 0.25) is 0 Å². The molecule has 10 heteroatoms. The molecule has 1 aliphatic rings. The Labute approximate surface area is 174 Å². The summed E-state index contributed by atoms with van der Waals surface area (Å²) in [5.41, 5.74) is 3.35. The lowest BCUT2D eigenvalue weighted by Gasteiger charge is -2.36. The van der Waals surface area contributed by atoms with Crippen LogP contribution in [0.4, 0.5) is 17.7 Å². The van der Waals surface area contributed by atoms with Gasteiger partial charge in [0, 0.05) is 45.1 Å². The van der Waals surface area contributed by atoms with E-state index >= 15 is 0 Å². The zero-order valence-electron chi connectivity index (χ0n) is 17.4. The molecule has 1 aliphatic heterocycles. The van der Waals surface area contributed by atoms with E-state index in [0.717, 1.165) is 49.0 Å². The van der Waals surface area contributed by atoms with E-state index in [9.17, 15) is 4.79 Å². The lowest BCUT2D eigenvalue weighted by atomic mass is 10.2. The summed E-state index contributed by atoms with van der Waals surface area (Å²) in [5, 5.41) is 5.63. The highest BCUT2D eigenvalue weighted by atomic mass is 16.4. The summed E-state index contributed by atoms with van der Waals surface area (Å²) >= 11 is 0. The second-order valence-corrected chi connectivity index (χ2v) is 7.31. The van der Waals surface area contributed by atoms with Crippen LogP contribution in [0.25, 0.3) is 0 Å². The van der Waals surface area contributed by atoms with Gasteiger partial charge in [-0.3, -0.25) is 15.0 Å². The van der Waals surface area contributed by atoms with Crippen LogP contribution in [0, 0.1) is 13.8 Å². The first-order valence-electron chi connectivity index (χ1n) is 9.92. The average molecular weight is 410 g/mol. The Balaban J connectivity index is 1.31. The van der Waals surface area contributed by atoms with Crippen LogP contribution in [-0.2, 0) is 6.54 Å². The van der Waals surface area contributed by atoms with E-state index in [4.69, 9.17) is 4.42 Å². The molecule has 30 heavy (non-hydrogen) atoms. The number of aryl methyl sites for hydroxylation is 2. The number of hydrogen-bond donors (Lipinski definition) is 3. The van der Waals surface area contributed by atoms with Crippen molar-refractivity contribution in [2.45, 2.75) is 20.4 Å². The van der Waals surface area contributed by atoms with Crippen LogP contribution < -0.4 is 15.5 Å². The Hall–Kier alpha value is -3.40. The maximum absolute atomic E-state index is 11.8. The monoisotopic (exact) mass is 410 g/mol. The lowest BCUT2D eigenvalue weighted by molar-refractivity contribution is 0.0958. The molecule has 0 aliphatic carbocycles. The number of amides is 1. The van der Waals surface area contributed by atoms with E-state index in [2.05, 4.69) is 40.4 Å². The van der Waals surface area contributed by atoms with Gasteiger partial charge in [0.15, 0.2) is 0 Å². The molecule has 4 rings (SSSR count). The normalized spacial score (nSPS) is 14.7. The number of rotatable bonds is 6. The molecule has 0 radical (unpaired) electrons. The highest BCUT2D eigenvalue weighted by molar-refractivity contribution is 5.92. The molecule has 0 atom stereocenters.